The van der Waals surface area contributed by atoms with Crippen molar-refractivity contribution in [3.05, 3.63) is 10.6 Å². The summed E-state index contributed by atoms with van der Waals surface area (Å²) in [6, 6.07) is 0.314. The third-order valence-corrected chi connectivity index (χ3v) is 4.38. The molecule has 1 aliphatic heterocycles. The molecule has 2 heterocycles. The fourth-order valence-electron chi connectivity index (χ4n) is 2.46. The fourth-order valence-corrected chi connectivity index (χ4v) is 3.24. The molecule has 0 spiro atoms. The Morgan fingerprint density at radius 1 is 1.53 bits per heavy atom. The third kappa shape index (κ3) is 2.44. The van der Waals surface area contributed by atoms with Crippen molar-refractivity contribution in [1.29, 1.82) is 0 Å². The number of aryl methyl sites for hydroxylation is 1. The number of aromatic nitrogens is 1. The standard InChI is InChI=1S/C12H19N3OS/c1-7-4-5-15(8(2)6-7)11(16)10-9(3)14-12(13)17-10/h7-8H,4-6H2,1-3H3,(H2,13,14). The molecule has 2 N–H and O–H groups in total. The molecule has 1 fully saturated rings. The van der Waals surface area contributed by atoms with Crippen molar-refractivity contribution < 1.29 is 4.79 Å². The first kappa shape index (κ1) is 12.4. The van der Waals surface area contributed by atoms with Gasteiger partial charge in [-0.25, -0.2) is 4.98 Å². The van der Waals surface area contributed by atoms with Crippen molar-refractivity contribution in [2.45, 2.75) is 39.7 Å². The van der Waals surface area contributed by atoms with Gasteiger partial charge in [0, 0.05) is 12.6 Å². The number of hydrogen-bond acceptors (Lipinski definition) is 4. The highest BCUT2D eigenvalue weighted by Gasteiger charge is 2.29. The predicted molar refractivity (Wildman–Crippen MR) is 70.2 cm³/mol. The van der Waals surface area contributed by atoms with Gasteiger partial charge in [-0.05, 0) is 32.6 Å². The minimum absolute atomic E-state index is 0.0936. The Labute approximate surface area is 106 Å². The average molecular weight is 253 g/mol. The van der Waals surface area contributed by atoms with Crippen LogP contribution in [0.25, 0.3) is 0 Å². The normalized spacial score (nSPS) is 25.0. The summed E-state index contributed by atoms with van der Waals surface area (Å²) in [6.45, 7) is 7.05. The summed E-state index contributed by atoms with van der Waals surface area (Å²) < 4.78 is 0. The number of nitrogen functional groups attached to an aromatic ring is 1. The molecule has 1 amide bonds. The molecule has 0 aliphatic carbocycles. The number of hydrogen-bond donors (Lipinski definition) is 1. The van der Waals surface area contributed by atoms with Crippen LogP contribution in [0.4, 0.5) is 5.13 Å². The molecule has 1 aromatic rings. The van der Waals surface area contributed by atoms with E-state index in [9.17, 15) is 4.79 Å². The Bertz CT molecular complexity index is 429. The monoisotopic (exact) mass is 253 g/mol. The van der Waals surface area contributed by atoms with Crippen LogP contribution in [0.3, 0.4) is 0 Å². The summed E-state index contributed by atoms with van der Waals surface area (Å²) in [5, 5.41) is 0.476. The lowest BCUT2D eigenvalue weighted by Gasteiger charge is -2.36. The number of anilines is 1. The Morgan fingerprint density at radius 3 is 2.76 bits per heavy atom. The van der Waals surface area contributed by atoms with Crippen LogP contribution in [-0.4, -0.2) is 28.4 Å². The topological polar surface area (TPSA) is 59.2 Å². The van der Waals surface area contributed by atoms with Crippen LogP contribution < -0.4 is 5.73 Å². The lowest BCUT2D eigenvalue weighted by atomic mass is 9.93. The van der Waals surface area contributed by atoms with Gasteiger partial charge in [0.25, 0.3) is 5.91 Å². The fraction of sp³-hybridized carbons (Fsp3) is 0.667. The summed E-state index contributed by atoms with van der Waals surface area (Å²) in [6.07, 6.45) is 2.17. The molecular formula is C12H19N3OS. The van der Waals surface area contributed by atoms with Gasteiger partial charge < -0.3 is 10.6 Å². The van der Waals surface area contributed by atoms with Crippen molar-refractivity contribution >= 4 is 22.4 Å². The van der Waals surface area contributed by atoms with E-state index in [2.05, 4.69) is 18.8 Å². The number of likely N-dealkylation sites (tertiary alicyclic amines) is 1. The average Bonchev–Trinajstić information content (AvgIpc) is 2.57. The van der Waals surface area contributed by atoms with Gasteiger partial charge in [-0.1, -0.05) is 18.3 Å². The Balaban J connectivity index is 2.17. The van der Waals surface area contributed by atoms with E-state index in [1.54, 1.807) is 0 Å². The van der Waals surface area contributed by atoms with E-state index >= 15 is 0 Å². The lowest BCUT2D eigenvalue weighted by Crippen LogP contribution is -2.44. The van der Waals surface area contributed by atoms with Crippen LogP contribution in [0.1, 0.15) is 42.1 Å². The summed E-state index contributed by atoms with van der Waals surface area (Å²) in [5.74, 6) is 0.803. The number of thiazole rings is 1. The largest absolute Gasteiger partial charge is 0.375 e. The maximum Gasteiger partial charge on any atom is 0.266 e. The van der Waals surface area contributed by atoms with Crippen molar-refractivity contribution in [1.82, 2.24) is 9.88 Å². The van der Waals surface area contributed by atoms with Gasteiger partial charge in [0.15, 0.2) is 5.13 Å². The molecule has 2 rings (SSSR count). The number of rotatable bonds is 1. The van der Waals surface area contributed by atoms with E-state index in [4.69, 9.17) is 5.73 Å². The second kappa shape index (κ2) is 4.64. The number of piperidine rings is 1. The Hall–Kier alpha value is -1.10. The van der Waals surface area contributed by atoms with Crippen LogP contribution in [0.15, 0.2) is 0 Å². The number of carbonyl (C=O) groups is 1. The van der Waals surface area contributed by atoms with E-state index in [0.717, 1.165) is 25.1 Å². The first-order valence-electron chi connectivity index (χ1n) is 6.03. The van der Waals surface area contributed by atoms with Crippen LogP contribution >= 0.6 is 11.3 Å². The van der Waals surface area contributed by atoms with Gasteiger partial charge in [-0.15, -0.1) is 0 Å². The summed E-state index contributed by atoms with van der Waals surface area (Å²) >= 11 is 1.29. The highest BCUT2D eigenvalue weighted by molar-refractivity contribution is 7.17. The van der Waals surface area contributed by atoms with Crippen molar-refractivity contribution in [3.63, 3.8) is 0 Å². The molecule has 1 saturated heterocycles. The van der Waals surface area contributed by atoms with Crippen LogP contribution in [-0.2, 0) is 0 Å². The molecule has 17 heavy (non-hydrogen) atoms. The van der Waals surface area contributed by atoms with E-state index in [-0.39, 0.29) is 5.91 Å². The number of carbonyl (C=O) groups excluding carboxylic acids is 1. The zero-order valence-corrected chi connectivity index (χ0v) is 11.4. The van der Waals surface area contributed by atoms with Gasteiger partial charge in [-0.3, -0.25) is 4.79 Å². The van der Waals surface area contributed by atoms with Crippen molar-refractivity contribution in [2.75, 3.05) is 12.3 Å². The molecule has 0 aromatic carbocycles. The van der Waals surface area contributed by atoms with E-state index in [0.29, 0.717) is 22.0 Å². The molecule has 0 bridgehead atoms. The highest BCUT2D eigenvalue weighted by atomic mass is 32.1. The Kier molecular flexibility index (Phi) is 3.38. The first-order valence-corrected chi connectivity index (χ1v) is 6.84. The lowest BCUT2D eigenvalue weighted by molar-refractivity contribution is 0.0592. The summed E-state index contributed by atoms with van der Waals surface area (Å²) in [5.41, 5.74) is 6.39. The number of amides is 1. The molecule has 1 aliphatic rings. The van der Waals surface area contributed by atoms with Crippen LogP contribution in [0.5, 0.6) is 0 Å². The SMILES string of the molecule is Cc1nc(N)sc1C(=O)N1CCC(C)CC1C. The molecule has 4 nitrogen and oxygen atoms in total. The number of nitrogens with zero attached hydrogens (tertiary/aromatic N) is 2. The molecule has 0 saturated carbocycles. The minimum atomic E-state index is 0.0936. The van der Waals surface area contributed by atoms with Gasteiger partial charge in [0.2, 0.25) is 0 Å². The molecule has 2 atom stereocenters. The third-order valence-electron chi connectivity index (χ3n) is 3.41. The summed E-state index contributed by atoms with van der Waals surface area (Å²) in [7, 11) is 0. The van der Waals surface area contributed by atoms with Crippen LogP contribution in [0.2, 0.25) is 0 Å². The van der Waals surface area contributed by atoms with Gasteiger partial charge in [0.1, 0.15) is 4.88 Å². The second-order valence-electron chi connectivity index (χ2n) is 4.94. The van der Waals surface area contributed by atoms with E-state index < -0.39 is 0 Å². The number of nitrogens with two attached hydrogens (primary N) is 1. The zero-order valence-electron chi connectivity index (χ0n) is 10.6. The first-order chi connectivity index (χ1) is 7.99. The molecule has 1 aromatic heterocycles. The van der Waals surface area contributed by atoms with Gasteiger partial charge >= 0.3 is 0 Å². The van der Waals surface area contributed by atoms with E-state index in [1.165, 1.54) is 11.3 Å². The smallest absolute Gasteiger partial charge is 0.266 e. The molecule has 5 heteroatoms. The quantitative estimate of drug-likeness (QED) is 0.835. The molecular weight excluding hydrogens is 234 g/mol. The molecule has 2 unspecified atom stereocenters. The van der Waals surface area contributed by atoms with Gasteiger partial charge in [0.05, 0.1) is 5.69 Å². The van der Waals surface area contributed by atoms with Gasteiger partial charge in [-0.2, -0.15) is 0 Å². The summed E-state index contributed by atoms with van der Waals surface area (Å²) in [4.78, 5) is 19.2. The van der Waals surface area contributed by atoms with E-state index in [1.807, 2.05) is 11.8 Å². The second-order valence-corrected chi connectivity index (χ2v) is 5.97. The maximum absolute atomic E-state index is 12.4. The Morgan fingerprint density at radius 2 is 2.24 bits per heavy atom. The van der Waals surface area contributed by atoms with Crippen molar-refractivity contribution in [2.24, 2.45) is 5.92 Å². The zero-order chi connectivity index (χ0) is 12.6. The molecule has 0 radical (unpaired) electrons. The van der Waals surface area contributed by atoms with Crippen LogP contribution in [0, 0.1) is 12.8 Å². The predicted octanol–water partition coefficient (Wildman–Crippen LogP) is 2.29. The van der Waals surface area contributed by atoms with Crippen molar-refractivity contribution in [3.8, 4) is 0 Å². The molecule has 94 valence electrons. The maximum atomic E-state index is 12.4. The minimum Gasteiger partial charge on any atom is -0.375 e. The highest BCUT2D eigenvalue weighted by Crippen LogP contribution is 2.27.